The fraction of sp³-hybridized carbons (Fsp3) is 0.273. The SMILES string of the molecule is CN(C)CC(=O)Nc1ccc(F)c(C(=O)O)c1. The summed E-state index contributed by atoms with van der Waals surface area (Å²) in [4.78, 5) is 23.7. The molecule has 0 spiro atoms. The van der Waals surface area contributed by atoms with Gasteiger partial charge in [-0.25, -0.2) is 9.18 Å². The maximum absolute atomic E-state index is 13.1. The molecule has 1 aromatic carbocycles. The van der Waals surface area contributed by atoms with Gasteiger partial charge in [0.05, 0.1) is 12.1 Å². The van der Waals surface area contributed by atoms with Crippen LogP contribution in [0.4, 0.5) is 10.1 Å². The van der Waals surface area contributed by atoms with E-state index in [4.69, 9.17) is 5.11 Å². The average molecular weight is 240 g/mol. The van der Waals surface area contributed by atoms with Crippen LogP contribution >= 0.6 is 0 Å². The molecule has 0 atom stereocenters. The summed E-state index contributed by atoms with van der Waals surface area (Å²) in [6, 6.07) is 3.41. The number of aromatic carboxylic acids is 1. The highest BCUT2D eigenvalue weighted by atomic mass is 19.1. The Morgan fingerprint density at radius 1 is 1.41 bits per heavy atom. The van der Waals surface area contributed by atoms with Gasteiger partial charge in [-0.3, -0.25) is 4.79 Å². The zero-order valence-corrected chi connectivity index (χ0v) is 9.53. The second-order valence-electron chi connectivity index (χ2n) is 3.79. The van der Waals surface area contributed by atoms with E-state index in [1.54, 1.807) is 19.0 Å². The molecule has 0 aromatic heterocycles. The lowest BCUT2D eigenvalue weighted by molar-refractivity contribution is -0.116. The number of carbonyl (C=O) groups is 2. The lowest BCUT2D eigenvalue weighted by atomic mass is 10.2. The maximum Gasteiger partial charge on any atom is 0.338 e. The van der Waals surface area contributed by atoms with Crippen molar-refractivity contribution in [1.82, 2.24) is 4.90 Å². The van der Waals surface area contributed by atoms with Crippen LogP contribution < -0.4 is 5.32 Å². The van der Waals surface area contributed by atoms with Gasteiger partial charge in [0.1, 0.15) is 5.82 Å². The van der Waals surface area contributed by atoms with Gasteiger partial charge in [0.25, 0.3) is 0 Å². The van der Waals surface area contributed by atoms with Crippen LogP contribution in [0.2, 0.25) is 0 Å². The first-order valence-electron chi connectivity index (χ1n) is 4.87. The first kappa shape index (κ1) is 13.1. The van der Waals surface area contributed by atoms with Crippen LogP contribution in [0.1, 0.15) is 10.4 Å². The molecule has 0 bridgehead atoms. The number of hydrogen-bond acceptors (Lipinski definition) is 3. The number of likely N-dealkylation sites (N-methyl/N-ethyl adjacent to an activating group) is 1. The van der Waals surface area contributed by atoms with E-state index in [0.29, 0.717) is 0 Å². The van der Waals surface area contributed by atoms with E-state index in [1.165, 1.54) is 6.07 Å². The Balaban J connectivity index is 2.82. The van der Waals surface area contributed by atoms with E-state index in [0.717, 1.165) is 12.1 Å². The fourth-order valence-electron chi connectivity index (χ4n) is 1.25. The first-order chi connectivity index (χ1) is 7.90. The van der Waals surface area contributed by atoms with Crippen molar-refractivity contribution < 1.29 is 19.1 Å². The van der Waals surface area contributed by atoms with Crippen LogP contribution in [0.3, 0.4) is 0 Å². The van der Waals surface area contributed by atoms with Gasteiger partial charge in [-0.1, -0.05) is 0 Å². The molecule has 0 radical (unpaired) electrons. The topological polar surface area (TPSA) is 69.6 Å². The zero-order chi connectivity index (χ0) is 13.0. The second kappa shape index (κ2) is 5.40. The van der Waals surface area contributed by atoms with Crippen molar-refractivity contribution in [2.24, 2.45) is 0 Å². The second-order valence-corrected chi connectivity index (χ2v) is 3.79. The standard InChI is InChI=1S/C11H13FN2O3/c1-14(2)6-10(15)13-7-3-4-9(12)8(5-7)11(16)17/h3-5H,6H2,1-2H3,(H,13,15)(H,16,17). The summed E-state index contributed by atoms with van der Waals surface area (Å²) < 4.78 is 13.1. The highest BCUT2D eigenvalue weighted by Gasteiger charge is 2.12. The van der Waals surface area contributed by atoms with Gasteiger partial charge < -0.3 is 15.3 Å². The molecule has 92 valence electrons. The Hall–Kier alpha value is -1.95. The molecule has 0 saturated carbocycles. The minimum atomic E-state index is -1.37. The number of anilines is 1. The van der Waals surface area contributed by atoms with Gasteiger partial charge in [-0.2, -0.15) is 0 Å². The Labute approximate surface area is 97.8 Å². The summed E-state index contributed by atoms with van der Waals surface area (Å²) in [6.45, 7) is 0.166. The Morgan fingerprint density at radius 2 is 2.06 bits per heavy atom. The molecule has 0 aliphatic carbocycles. The van der Waals surface area contributed by atoms with Gasteiger partial charge in [0.2, 0.25) is 5.91 Å². The van der Waals surface area contributed by atoms with Crippen LogP contribution in [0, 0.1) is 5.82 Å². The van der Waals surface area contributed by atoms with E-state index in [2.05, 4.69) is 5.32 Å². The quantitative estimate of drug-likeness (QED) is 0.824. The molecular formula is C11H13FN2O3. The summed E-state index contributed by atoms with van der Waals surface area (Å²) in [5.41, 5.74) is -0.205. The van der Waals surface area contributed by atoms with Crippen LogP contribution in [0.5, 0.6) is 0 Å². The number of nitrogens with zero attached hydrogens (tertiary/aromatic N) is 1. The number of carbonyl (C=O) groups excluding carboxylic acids is 1. The van der Waals surface area contributed by atoms with Gasteiger partial charge in [-0.05, 0) is 32.3 Å². The smallest absolute Gasteiger partial charge is 0.338 e. The molecule has 2 N–H and O–H groups in total. The average Bonchev–Trinajstić information content (AvgIpc) is 2.19. The minimum absolute atomic E-state index is 0.166. The van der Waals surface area contributed by atoms with E-state index < -0.39 is 17.3 Å². The van der Waals surface area contributed by atoms with E-state index >= 15 is 0 Å². The van der Waals surface area contributed by atoms with Gasteiger partial charge >= 0.3 is 5.97 Å². The molecule has 0 heterocycles. The molecular weight excluding hydrogens is 227 g/mol. The number of halogens is 1. The fourth-order valence-corrected chi connectivity index (χ4v) is 1.25. The van der Waals surface area contributed by atoms with Crippen LogP contribution in [0.15, 0.2) is 18.2 Å². The highest BCUT2D eigenvalue weighted by Crippen LogP contribution is 2.14. The normalized spacial score (nSPS) is 10.4. The van der Waals surface area contributed by atoms with Crippen molar-refractivity contribution in [3.8, 4) is 0 Å². The molecule has 6 heteroatoms. The van der Waals surface area contributed by atoms with Gasteiger partial charge in [0, 0.05) is 5.69 Å². The molecule has 0 fully saturated rings. The molecule has 0 unspecified atom stereocenters. The highest BCUT2D eigenvalue weighted by molar-refractivity contribution is 5.94. The predicted molar refractivity (Wildman–Crippen MR) is 60.5 cm³/mol. The number of carboxylic acid groups (broad SMARTS) is 1. The molecule has 5 nitrogen and oxygen atoms in total. The lowest BCUT2D eigenvalue weighted by Crippen LogP contribution is -2.27. The Bertz CT molecular complexity index is 446. The summed E-state index contributed by atoms with van der Waals surface area (Å²) >= 11 is 0. The van der Waals surface area contributed by atoms with Crippen molar-refractivity contribution in [2.75, 3.05) is 26.0 Å². The first-order valence-corrected chi connectivity index (χ1v) is 4.87. The predicted octanol–water partition coefficient (Wildman–Crippen LogP) is 1.02. The molecule has 1 aromatic rings. The summed E-state index contributed by atoms with van der Waals surface area (Å²) in [5.74, 6) is -2.49. The molecule has 0 aliphatic heterocycles. The number of amides is 1. The molecule has 1 amide bonds. The van der Waals surface area contributed by atoms with Gasteiger partial charge in [0.15, 0.2) is 0 Å². The maximum atomic E-state index is 13.1. The molecule has 1 rings (SSSR count). The Morgan fingerprint density at radius 3 is 2.59 bits per heavy atom. The van der Waals surface area contributed by atoms with E-state index in [-0.39, 0.29) is 18.1 Å². The molecule has 0 aliphatic rings. The summed E-state index contributed by atoms with van der Waals surface area (Å²) in [7, 11) is 3.46. The summed E-state index contributed by atoms with van der Waals surface area (Å²) in [6.07, 6.45) is 0. The third kappa shape index (κ3) is 3.84. The number of nitrogens with one attached hydrogen (secondary N) is 1. The van der Waals surface area contributed by atoms with Crippen LogP contribution in [0.25, 0.3) is 0 Å². The summed E-state index contributed by atoms with van der Waals surface area (Å²) in [5, 5.41) is 11.2. The molecule has 0 saturated heterocycles. The van der Waals surface area contributed by atoms with Crippen molar-refractivity contribution in [3.63, 3.8) is 0 Å². The third-order valence-corrected chi connectivity index (χ3v) is 1.94. The minimum Gasteiger partial charge on any atom is -0.478 e. The number of rotatable bonds is 4. The van der Waals surface area contributed by atoms with Crippen molar-refractivity contribution in [3.05, 3.63) is 29.6 Å². The zero-order valence-electron chi connectivity index (χ0n) is 9.53. The van der Waals surface area contributed by atoms with E-state index in [1.807, 2.05) is 0 Å². The van der Waals surface area contributed by atoms with Crippen molar-refractivity contribution in [1.29, 1.82) is 0 Å². The van der Waals surface area contributed by atoms with Crippen LogP contribution in [-0.2, 0) is 4.79 Å². The monoisotopic (exact) mass is 240 g/mol. The van der Waals surface area contributed by atoms with Crippen molar-refractivity contribution >= 4 is 17.6 Å². The van der Waals surface area contributed by atoms with Crippen LogP contribution in [-0.4, -0.2) is 42.5 Å². The third-order valence-electron chi connectivity index (χ3n) is 1.94. The number of hydrogen-bond donors (Lipinski definition) is 2. The number of carboxylic acids is 1. The Kier molecular flexibility index (Phi) is 4.17. The lowest BCUT2D eigenvalue weighted by Gasteiger charge is -2.10. The van der Waals surface area contributed by atoms with Gasteiger partial charge in [-0.15, -0.1) is 0 Å². The number of benzene rings is 1. The molecule has 17 heavy (non-hydrogen) atoms. The van der Waals surface area contributed by atoms with E-state index in [9.17, 15) is 14.0 Å². The largest absolute Gasteiger partial charge is 0.478 e. The van der Waals surface area contributed by atoms with Crippen molar-refractivity contribution in [2.45, 2.75) is 0 Å².